The van der Waals surface area contributed by atoms with Crippen LogP contribution in [0.2, 0.25) is 0 Å². The molecule has 0 radical (unpaired) electrons. The highest BCUT2D eigenvalue weighted by molar-refractivity contribution is 9.10. The van der Waals surface area contributed by atoms with Crippen molar-refractivity contribution in [2.75, 3.05) is 39.6 Å². The summed E-state index contributed by atoms with van der Waals surface area (Å²) in [6, 6.07) is 8.49. The van der Waals surface area contributed by atoms with E-state index in [-0.39, 0.29) is 10.6 Å². The van der Waals surface area contributed by atoms with Crippen molar-refractivity contribution in [3.8, 4) is 5.75 Å². The van der Waals surface area contributed by atoms with Crippen LogP contribution in [0.25, 0.3) is 0 Å². The molecule has 0 atom stereocenters. The van der Waals surface area contributed by atoms with E-state index in [1.165, 1.54) is 7.11 Å². The van der Waals surface area contributed by atoms with Gasteiger partial charge in [-0.25, -0.2) is 13.4 Å². The van der Waals surface area contributed by atoms with Crippen LogP contribution < -0.4 is 10.1 Å². The summed E-state index contributed by atoms with van der Waals surface area (Å²) in [6.07, 6.45) is 1.58. The average Bonchev–Trinajstić information content (AvgIpc) is 2.56. The standard InChI is InChI=1S/C17H22BrN3O3S/c1-21(2)9-8-19-17-7-4-13(11-20-17)12-25(22,23)16-10-14(18)5-6-15(16)24-3/h4-7,10-11H,8-9,12H2,1-3H3,(H,19,20). The fourth-order valence-corrected chi connectivity index (χ4v) is 4.25. The maximum atomic E-state index is 12.7. The highest BCUT2D eigenvalue weighted by atomic mass is 79.9. The molecule has 136 valence electrons. The van der Waals surface area contributed by atoms with Crippen LogP contribution in [0.1, 0.15) is 5.56 Å². The summed E-state index contributed by atoms with van der Waals surface area (Å²) in [5.74, 6) is 0.922. The Labute approximate surface area is 157 Å². The van der Waals surface area contributed by atoms with Gasteiger partial charge in [0.05, 0.1) is 12.9 Å². The molecule has 6 nitrogen and oxygen atoms in total. The quantitative estimate of drug-likeness (QED) is 0.698. The largest absolute Gasteiger partial charge is 0.495 e. The lowest BCUT2D eigenvalue weighted by molar-refractivity contribution is 0.402. The lowest BCUT2D eigenvalue weighted by Crippen LogP contribution is -2.21. The van der Waals surface area contributed by atoms with Gasteiger partial charge >= 0.3 is 0 Å². The molecule has 0 aliphatic carbocycles. The summed E-state index contributed by atoms with van der Waals surface area (Å²) in [4.78, 5) is 6.51. The molecule has 0 aliphatic rings. The maximum absolute atomic E-state index is 12.7. The second-order valence-electron chi connectivity index (χ2n) is 5.84. The van der Waals surface area contributed by atoms with Crippen molar-refractivity contribution in [2.45, 2.75) is 10.6 Å². The van der Waals surface area contributed by atoms with Crippen LogP contribution in [0.15, 0.2) is 45.9 Å². The summed E-state index contributed by atoms with van der Waals surface area (Å²) in [7, 11) is 1.91. The number of hydrogen-bond acceptors (Lipinski definition) is 6. The number of halogens is 1. The third-order valence-corrected chi connectivity index (χ3v) is 5.70. The summed E-state index contributed by atoms with van der Waals surface area (Å²) in [5.41, 5.74) is 0.625. The minimum absolute atomic E-state index is 0.134. The Bertz CT molecular complexity index is 808. The zero-order valence-electron chi connectivity index (χ0n) is 14.5. The van der Waals surface area contributed by atoms with Gasteiger partial charge in [0.1, 0.15) is 16.5 Å². The molecule has 2 aromatic rings. The van der Waals surface area contributed by atoms with E-state index in [1.807, 2.05) is 14.1 Å². The minimum atomic E-state index is -3.54. The number of ether oxygens (including phenoxy) is 1. The van der Waals surface area contributed by atoms with Crippen LogP contribution in [0.4, 0.5) is 5.82 Å². The van der Waals surface area contributed by atoms with Crippen molar-refractivity contribution in [1.82, 2.24) is 9.88 Å². The van der Waals surface area contributed by atoms with Crippen LogP contribution in [-0.4, -0.2) is 52.6 Å². The topological polar surface area (TPSA) is 71.5 Å². The smallest absolute Gasteiger partial charge is 0.186 e. The average molecular weight is 428 g/mol. The molecule has 0 spiro atoms. The summed E-state index contributed by atoms with van der Waals surface area (Å²) in [6.45, 7) is 1.66. The zero-order valence-corrected chi connectivity index (χ0v) is 16.9. The van der Waals surface area contributed by atoms with Gasteiger partial charge in [-0.1, -0.05) is 22.0 Å². The number of likely N-dealkylation sites (N-methyl/N-ethyl adjacent to an activating group) is 1. The van der Waals surface area contributed by atoms with E-state index >= 15 is 0 Å². The molecule has 8 heteroatoms. The molecular weight excluding hydrogens is 406 g/mol. The lowest BCUT2D eigenvalue weighted by atomic mass is 10.3. The van der Waals surface area contributed by atoms with E-state index in [4.69, 9.17) is 4.74 Å². The molecular formula is C17H22BrN3O3S. The van der Waals surface area contributed by atoms with Crippen LogP contribution in [0, 0.1) is 0 Å². The molecule has 0 saturated heterocycles. The first kappa shape index (κ1) is 19.7. The van der Waals surface area contributed by atoms with Gasteiger partial charge in [0.2, 0.25) is 0 Å². The van der Waals surface area contributed by atoms with Crippen LogP contribution in [0.5, 0.6) is 5.75 Å². The van der Waals surface area contributed by atoms with E-state index in [2.05, 4.69) is 31.1 Å². The van der Waals surface area contributed by atoms with Gasteiger partial charge in [0.25, 0.3) is 0 Å². The van der Waals surface area contributed by atoms with E-state index in [0.717, 1.165) is 18.9 Å². The Kier molecular flexibility index (Phi) is 6.80. The number of pyridine rings is 1. The molecule has 0 unspecified atom stereocenters. The molecule has 25 heavy (non-hydrogen) atoms. The Balaban J connectivity index is 2.12. The first-order valence-corrected chi connectivity index (χ1v) is 10.2. The molecule has 0 amide bonds. The monoisotopic (exact) mass is 427 g/mol. The van der Waals surface area contributed by atoms with Gasteiger partial charge in [0.15, 0.2) is 9.84 Å². The van der Waals surface area contributed by atoms with Crippen LogP contribution >= 0.6 is 15.9 Å². The van der Waals surface area contributed by atoms with Crippen molar-refractivity contribution < 1.29 is 13.2 Å². The zero-order chi connectivity index (χ0) is 18.4. The van der Waals surface area contributed by atoms with Crippen molar-refractivity contribution in [3.63, 3.8) is 0 Å². The van der Waals surface area contributed by atoms with Crippen molar-refractivity contribution in [3.05, 3.63) is 46.6 Å². The molecule has 0 bridgehead atoms. The number of hydrogen-bond donors (Lipinski definition) is 1. The van der Waals surface area contributed by atoms with E-state index in [9.17, 15) is 8.42 Å². The Hall–Kier alpha value is -1.64. The summed E-state index contributed by atoms with van der Waals surface area (Å²) < 4.78 is 31.3. The lowest BCUT2D eigenvalue weighted by Gasteiger charge is -2.12. The normalized spacial score (nSPS) is 11.6. The fourth-order valence-electron chi connectivity index (χ4n) is 2.21. The van der Waals surface area contributed by atoms with Crippen molar-refractivity contribution in [1.29, 1.82) is 0 Å². The van der Waals surface area contributed by atoms with Crippen LogP contribution in [-0.2, 0) is 15.6 Å². The number of sulfone groups is 1. The molecule has 0 saturated carbocycles. The van der Waals surface area contributed by atoms with Gasteiger partial charge in [-0.2, -0.15) is 0 Å². The number of methoxy groups -OCH3 is 1. The van der Waals surface area contributed by atoms with E-state index in [0.29, 0.717) is 15.8 Å². The SMILES string of the molecule is COc1ccc(Br)cc1S(=O)(=O)Cc1ccc(NCCN(C)C)nc1. The second kappa shape index (κ2) is 8.64. The number of benzene rings is 1. The second-order valence-corrected chi connectivity index (χ2v) is 8.71. The predicted octanol–water partition coefficient (Wildman–Crippen LogP) is 2.80. The molecule has 2 rings (SSSR count). The molecule has 0 aliphatic heterocycles. The molecule has 0 fully saturated rings. The number of nitrogens with zero attached hydrogens (tertiary/aromatic N) is 2. The van der Waals surface area contributed by atoms with Gasteiger partial charge in [-0.05, 0) is 43.9 Å². The molecule has 1 N–H and O–H groups in total. The molecule has 1 aromatic carbocycles. The van der Waals surface area contributed by atoms with Crippen LogP contribution in [0.3, 0.4) is 0 Å². The van der Waals surface area contributed by atoms with Crippen molar-refractivity contribution >= 4 is 31.6 Å². The summed E-state index contributed by atoms with van der Waals surface area (Å²) in [5, 5.41) is 3.20. The van der Waals surface area contributed by atoms with Crippen molar-refractivity contribution in [2.24, 2.45) is 0 Å². The number of nitrogens with one attached hydrogen (secondary N) is 1. The van der Waals surface area contributed by atoms with Gasteiger partial charge in [-0.15, -0.1) is 0 Å². The number of aromatic nitrogens is 1. The highest BCUT2D eigenvalue weighted by Gasteiger charge is 2.21. The first-order valence-electron chi connectivity index (χ1n) is 7.71. The van der Waals surface area contributed by atoms with E-state index < -0.39 is 9.84 Å². The maximum Gasteiger partial charge on any atom is 0.186 e. The minimum Gasteiger partial charge on any atom is -0.495 e. The Morgan fingerprint density at radius 3 is 2.60 bits per heavy atom. The van der Waals surface area contributed by atoms with Gasteiger partial charge in [-0.3, -0.25) is 0 Å². The predicted molar refractivity (Wildman–Crippen MR) is 103 cm³/mol. The van der Waals surface area contributed by atoms with Gasteiger partial charge < -0.3 is 15.0 Å². The highest BCUT2D eigenvalue weighted by Crippen LogP contribution is 2.29. The molecule has 1 heterocycles. The third-order valence-electron chi connectivity index (χ3n) is 3.51. The Morgan fingerprint density at radius 2 is 2.00 bits per heavy atom. The number of rotatable bonds is 8. The third kappa shape index (κ3) is 5.69. The van der Waals surface area contributed by atoms with E-state index in [1.54, 1.807) is 36.5 Å². The van der Waals surface area contributed by atoms with Gasteiger partial charge in [0, 0.05) is 23.8 Å². The number of anilines is 1. The first-order chi connectivity index (χ1) is 11.8. The summed E-state index contributed by atoms with van der Waals surface area (Å²) >= 11 is 3.30. The molecule has 1 aromatic heterocycles. The fraction of sp³-hybridized carbons (Fsp3) is 0.353. The Morgan fingerprint density at radius 1 is 1.24 bits per heavy atom.